The average Bonchev–Trinajstić information content (AvgIpc) is 3.14. The van der Waals surface area contributed by atoms with E-state index in [9.17, 15) is 23.4 Å². The summed E-state index contributed by atoms with van der Waals surface area (Å²) < 4.78 is 13.9. The quantitative estimate of drug-likeness (QED) is 0.429. The summed E-state index contributed by atoms with van der Waals surface area (Å²) >= 11 is 12.6. The molecule has 2 aliphatic heterocycles. The Hall–Kier alpha value is -3.41. The number of carbonyl (C=O) groups is 2. The van der Waals surface area contributed by atoms with Crippen molar-refractivity contribution >= 4 is 51.6 Å². The molecule has 1 N–H and O–H groups in total. The molecule has 222 valence electrons. The van der Waals surface area contributed by atoms with Crippen LogP contribution in [0.1, 0.15) is 18.4 Å². The molecular weight excluding hydrogens is 601 g/mol. The van der Waals surface area contributed by atoms with Gasteiger partial charge in [0.25, 0.3) is 5.56 Å². The van der Waals surface area contributed by atoms with Crippen LogP contribution in [0.15, 0.2) is 58.3 Å². The van der Waals surface area contributed by atoms with Crippen molar-refractivity contribution in [1.82, 2.24) is 18.9 Å². The third-order valence-electron chi connectivity index (χ3n) is 7.79. The molecule has 0 aliphatic carbocycles. The molecule has 5 rings (SSSR count). The van der Waals surface area contributed by atoms with Gasteiger partial charge in [-0.2, -0.15) is 0 Å². The molecule has 0 bridgehead atoms. The molecule has 10 nitrogen and oxygen atoms in total. The van der Waals surface area contributed by atoms with E-state index in [0.29, 0.717) is 38.0 Å². The maximum Gasteiger partial charge on any atom is 0.331 e. The van der Waals surface area contributed by atoms with Crippen LogP contribution in [0.4, 0.5) is 10.5 Å². The highest BCUT2D eigenvalue weighted by Gasteiger charge is 2.31. The molecule has 2 aromatic carbocycles. The van der Waals surface area contributed by atoms with Gasteiger partial charge in [0.2, 0.25) is 5.91 Å². The molecule has 3 amide bonds. The Morgan fingerprint density at radius 3 is 2.48 bits per heavy atom. The molecule has 42 heavy (non-hydrogen) atoms. The van der Waals surface area contributed by atoms with Crippen LogP contribution in [-0.4, -0.2) is 72.8 Å². The Labute approximate surface area is 255 Å². The van der Waals surface area contributed by atoms with Gasteiger partial charge < -0.3 is 15.1 Å². The molecule has 1 unspecified atom stereocenters. The highest BCUT2D eigenvalue weighted by Crippen LogP contribution is 2.31. The summed E-state index contributed by atoms with van der Waals surface area (Å²) in [7, 11) is -1.25. The van der Waals surface area contributed by atoms with Gasteiger partial charge in [0, 0.05) is 72.5 Å². The van der Waals surface area contributed by atoms with Gasteiger partial charge >= 0.3 is 11.7 Å². The van der Waals surface area contributed by atoms with E-state index in [0.717, 1.165) is 22.2 Å². The Kier molecular flexibility index (Phi) is 9.19. The highest BCUT2D eigenvalue weighted by atomic mass is 35.5. The van der Waals surface area contributed by atoms with Gasteiger partial charge in [-0.1, -0.05) is 53.5 Å². The van der Waals surface area contributed by atoms with Gasteiger partial charge in [-0.05, 0) is 37.0 Å². The van der Waals surface area contributed by atoms with Gasteiger partial charge in [0.15, 0.2) is 0 Å². The first-order valence-corrected chi connectivity index (χ1v) is 16.1. The van der Waals surface area contributed by atoms with Crippen molar-refractivity contribution in [2.45, 2.75) is 38.4 Å². The van der Waals surface area contributed by atoms with Gasteiger partial charge in [-0.3, -0.25) is 22.9 Å². The molecule has 0 spiro atoms. The van der Waals surface area contributed by atoms with Crippen LogP contribution >= 0.6 is 23.2 Å². The normalized spacial score (nSPS) is 16.5. The predicted molar refractivity (Wildman–Crippen MR) is 165 cm³/mol. The molecule has 1 atom stereocenters. The first kappa shape index (κ1) is 30.1. The van der Waals surface area contributed by atoms with E-state index in [1.54, 1.807) is 23.1 Å². The number of urea groups is 1. The van der Waals surface area contributed by atoms with E-state index in [4.69, 9.17) is 23.2 Å². The summed E-state index contributed by atoms with van der Waals surface area (Å²) in [4.78, 5) is 56.5. The van der Waals surface area contributed by atoms with Crippen molar-refractivity contribution in [3.05, 3.63) is 85.1 Å². The summed E-state index contributed by atoms with van der Waals surface area (Å²) in [6.45, 7) is 1.08. The van der Waals surface area contributed by atoms with Gasteiger partial charge in [0.1, 0.15) is 6.54 Å². The van der Waals surface area contributed by atoms with Crippen LogP contribution in [0.2, 0.25) is 10.0 Å². The Balaban J connectivity index is 1.33. The molecule has 1 aromatic heterocycles. The lowest BCUT2D eigenvalue weighted by atomic mass is 10.0. The lowest BCUT2D eigenvalue weighted by molar-refractivity contribution is -0.133. The highest BCUT2D eigenvalue weighted by molar-refractivity contribution is 7.84. The molecule has 2 aliphatic rings. The van der Waals surface area contributed by atoms with Gasteiger partial charge in [0.05, 0.1) is 15.6 Å². The van der Waals surface area contributed by atoms with Crippen molar-refractivity contribution in [1.29, 1.82) is 0 Å². The van der Waals surface area contributed by atoms with Crippen LogP contribution in [0.3, 0.4) is 0 Å². The summed E-state index contributed by atoms with van der Waals surface area (Å²) in [5, 5.41) is 3.40. The van der Waals surface area contributed by atoms with E-state index in [1.807, 2.05) is 29.2 Å². The standard InChI is InChI=1S/C29H31Cl2N5O5S/c1-42(41)16-15-36-27(38)22(21-6-4-7-23(30)26(21)31)17-34(29(36)40)18-25(37)33-12-10-20(11-13-33)35-14-9-19-5-2-3-8-24(19)32-28(35)39/h2-8,17,20H,9-16,18H2,1H3,(H,32,39). The second-order valence-electron chi connectivity index (χ2n) is 10.4. The maximum atomic E-state index is 13.4. The van der Waals surface area contributed by atoms with E-state index in [1.165, 1.54) is 17.0 Å². The van der Waals surface area contributed by atoms with E-state index in [2.05, 4.69) is 5.32 Å². The van der Waals surface area contributed by atoms with E-state index < -0.39 is 22.0 Å². The molecule has 13 heteroatoms. The topological polar surface area (TPSA) is 114 Å². The minimum atomic E-state index is -1.25. The van der Waals surface area contributed by atoms with E-state index >= 15 is 0 Å². The number of carbonyl (C=O) groups excluding carboxylic acids is 2. The zero-order valence-corrected chi connectivity index (χ0v) is 25.4. The molecule has 3 aromatic rings. The first-order valence-electron chi connectivity index (χ1n) is 13.7. The summed E-state index contributed by atoms with van der Waals surface area (Å²) in [5.74, 6) is -0.186. The SMILES string of the molecule is CS(=O)CCn1c(=O)c(-c2cccc(Cl)c2Cl)cn(CC(=O)N2CCC(N3CCc4ccccc4NC3=O)CC2)c1=O. The molecule has 0 radical (unpaired) electrons. The minimum absolute atomic E-state index is 0.0144. The zero-order chi connectivity index (χ0) is 30.0. The fraction of sp³-hybridized carbons (Fsp3) is 0.379. The third-order valence-corrected chi connectivity index (χ3v) is 9.36. The average molecular weight is 633 g/mol. The first-order chi connectivity index (χ1) is 20.1. The van der Waals surface area contributed by atoms with Crippen LogP contribution in [-0.2, 0) is 35.1 Å². The number of hydrogen-bond acceptors (Lipinski definition) is 5. The Morgan fingerprint density at radius 1 is 1.00 bits per heavy atom. The molecular formula is C29H31Cl2N5O5S. The van der Waals surface area contributed by atoms with Crippen molar-refractivity contribution in [2.24, 2.45) is 0 Å². The number of aromatic nitrogens is 2. The van der Waals surface area contributed by atoms with Crippen molar-refractivity contribution in [3.8, 4) is 11.1 Å². The van der Waals surface area contributed by atoms with Crippen molar-refractivity contribution < 1.29 is 13.8 Å². The number of hydrogen-bond donors (Lipinski definition) is 1. The van der Waals surface area contributed by atoms with Crippen LogP contribution in [0.25, 0.3) is 11.1 Å². The monoisotopic (exact) mass is 631 g/mol. The lowest BCUT2D eigenvalue weighted by Crippen LogP contribution is -2.51. The van der Waals surface area contributed by atoms with E-state index in [-0.39, 0.29) is 52.4 Å². The molecule has 1 saturated heterocycles. The number of nitrogens with zero attached hydrogens (tertiary/aromatic N) is 4. The smallest absolute Gasteiger partial charge is 0.331 e. The minimum Gasteiger partial charge on any atom is -0.341 e. The zero-order valence-electron chi connectivity index (χ0n) is 23.1. The number of likely N-dealkylation sites (tertiary alicyclic amines) is 1. The van der Waals surface area contributed by atoms with Crippen LogP contribution in [0.5, 0.6) is 0 Å². The van der Waals surface area contributed by atoms with Crippen LogP contribution < -0.4 is 16.6 Å². The summed E-state index contributed by atoms with van der Waals surface area (Å²) in [6, 6.07) is 12.5. The number of benzene rings is 2. The summed E-state index contributed by atoms with van der Waals surface area (Å²) in [6.07, 6.45) is 4.79. The van der Waals surface area contributed by atoms with Gasteiger partial charge in [-0.15, -0.1) is 0 Å². The number of anilines is 1. The second-order valence-corrected chi connectivity index (χ2v) is 12.8. The number of amides is 3. The number of nitrogens with one attached hydrogen (secondary N) is 1. The molecule has 0 saturated carbocycles. The lowest BCUT2D eigenvalue weighted by Gasteiger charge is -2.38. The van der Waals surface area contributed by atoms with Crippen molar-refractivity contribution in [3.63, 3.8) is 0 Å². The number of fused-ring (bicyclic) bond motifs is 1. The second kappa shape index (κ2) is 12.8. The number of para-hydroxylation sites is 1. The Morgan fingerprint density at radius 2 is 1.74 bits per heavy atom. The maximum absolute atomic E-state index is 13.4. The number of halogens is 2. The predicted octanol–water partition coefficient (Wildman–Crippen LogP) is 3.44. The molecule has 3 heterocycles. The van der Waals surface area contributed by atoms with Crippen molar-refractivity contribution in [2.75, 3.05) is 37.0 Å². The van der Waals surface area contributed by atoms with Crippen LogP contribution in [0, 0.1) is 0 Å². The van der Waals surface area contributed by atoms with Gasteiger partial charge in [-0.25, -0.2) is 9.59 Å². The Bertz CT molecular complexity index is 1660. The summed E-state index contributed by atoms with van der Waals surface area (Å²) in [5.41, 5.74) is 1.10. The number of rotatable bonds is 7. The fourth-order valence-electron chi connectivity index (χ4n) is 5.49. The number of piperidine rings is 1. The fourth-order valence-corrected chi connectivity index (χ4v) is 6.33. The third kappa shape index (κ3) is 6.33. The largest absolute Gasteiger partial charge is 0.341 e. The molecule has 1 fully saturated rings.